The predicted molar refractivity (Wildman–Crippen MR) is 111 cm³/mol. The van der Waals surface area contributed by atoms with Crippen LogP contribution in [-0.4, -0.2) is 45.2 Å². The van der Waals surface area contributed by atoms with E-state index >= 15 is 0 Å². The molecule has 4 aliphatic carbocycles. The summed E-state index contributed by atoms with van der Waals surface area (Å²) in [5, 5.41) is 30.6. The summed E-state index contributed by atoms with van der Waals surface area (Å²) in [6.07, 6.45) is 7.22. The largest absolute Gasteiger partial charge is 0.393 e. The Morgan fingerprint density at radius 2 is 1.86 bits per heavy atom. The number of aliphatic hydroxyl groups is 3. The highest BCUT2D eigenvalue weighted by molar-refractivity contribution is 5.92. The van der Waals surface area contributed by atoms with E-state index in [1.54, 1.807) is 6.08 Å². The van der Waals surface area contributed by atoms with E-state index in [4.69, 9.17) is 0 Å². The molecule has 3 N–H and O–H groups in total. The molecule has 0 amide bonds. The molecule has 4 aliphatic rings. The van der Waals surface area contributed by atoms with Crippen LogP contribution < -0.4 is 0 Å². The van der Waals surface area contributed by atoms with Crippen molar-refractivity contribution in [1.29, 1.82) is 0 Å². The molecule has 0 unspecified atom stereocenters. The Morgan fingerprint density at radius 3 is 2.48 bits per heavy atom. The smallest absolute Gasteiger partial charge is 0.190 e. The maximum absolute atomic E-state index is 13.4. The van der Waals surface area contributed by atoms with Gasteiger partial charge in [-0.3, -0.25) is 9.59 Å². The van der Waals surface area contributed by atoms with Gasteiger partial charge in [-0.1, -0.05) is 19.9 Å². The van der Waals surface area contributed by atoms with E-state index < -0.39 is 23.4 Å². The van der Waals surface area contributed by atoms with Crippen LogP contribution in [-0.2, 0) is 9.59 Å². The molecule has 4 rings (SSSR count). The highest BCUT2D eigenvalue weighted by Crippen LogP contribution is 2.67. The predicted octanol–water partition coefficient (Wildman–Crippen LogP) is 3.05. The third-order valence-corrected chi connectivity index (χ3v) is 9.08. The molecule has 0 aromatic heterocycles. The van der Waals surface area contributed by atoms with E-state index in [9.17, 15) is 24.9 Å². The van der Waals surface area contributed by atoms with Crippen LogP contribution in [0.15, 0.2) is 12.7 Å². The fourth-order valence-electron chi connectivity index (χ4n) is 7.64. The summed E-state index contributed by atoms with van der Waals surface area (Å²) in [5.74, 6) is 0.380. The monoisotopic (exact) mass is 406 g/mol. The van der Waals surface area contributed by atoms with Crippen LogP contribution in [0.2, 0.25) is 0 Å². The van der Waals surface area contributed by atoms with E-state index in [0.29, 0.717) is 12.3 Å². The van der Waals surface area contributed by atoms with Gasteiger partial charge >= 0.3 is 0 Å². The molecule has 0 radical (unpaired) electrons. The number of carbonyl (C=O) groups is 2. The maximum atomic E-state index is 13.4. The van der Waals surface area contributed by atoms with Gasteiger partial charge in [0.25, 0.3) is 0 Å². The number of carbonyl (C=O) groups excluding carboxylic acids is 2. The molecule has 0 saturated heterocycles. The molecule has 0 aromatic carbocycles. The Bertz CT molecular complexity index is 674. The van der Waals surface area contributed by atoms with Gasteiger partial charge in [0.2, 0.25) is 0 Å². The summed E-state index contributed by atoms with van der Waals surface area (Å²) in [6, 6.07) is 0. The van der Waals surface area contributed by atoms with Crippen molar-refractivity contribution < 1.29 is 24.9 Å². The lowest BCUT2D eigenvalue weighted by Gasteiger charge is -2.60. The molecule has 0 spiro atoms. The van der Waals surface area contributed by atoms with Gasteiger partial charge in [0.05, 0.1) is 6.10 Å². The second-order valence-electron chi connectivity index (χ2n) is 10.4. The fraction of sp³-hybridized carbons (Fsp3) is 0.833. The van der Waals surface area contributed by atoms with Crippen LogP contribution in [0.4, 0.5) is 0 Å². The van der Waals surface area contributed by atoms with Crippen molar-refractivity contribution in [1.82, 2.24) is 0 Å². The first-order valence-corrected chi connectivity index (χ1v) is 11.2. The topological polar surface area (TPSA) is 94.8 Å². The Labute approximate surface area is 174 Å². The number of fused-ring (bicyclic) bond motifs is 5. The molecule has 8 atom stereocenters. The molecule has 5 heteroatoms. The first kappa shape index (κ1) is 22.6. The molecule has 0 bridgehead atoms. The van der Waals surface area contributed by atoms with Gasteiger partial charge in [-0.25, -0.2) is 0 Å². The van der Waals surface area contributed by atoms with Gasteiger partial charge in [-0.15, -0.1) is 6.58 Å². The third-order valence-electron chi connectivity index (χ3n) is 9.08. The summed E-state index contributed by atoms with van der Waals surface area (Å²) >= 11 is 0. The molecule has 0 heterocycles. The molecule has 164 valence electrons. The van der Waals surface area contributed by atoms with E-state index in [-0.39, 0.29) is 41.5 Å². The Morgan fingerprint density at radius 1 is 1.21 bits per heavy atom. The number of ketones is 2. The van der Waals surface area contributed by atoms with E-state index in [0.717, 1.165) is 38.5 Å². The van der Waals surface area contributed by atoms with Crippen molar-refractivity contribution in [2.75, 3.05) is 6.61 Å². The molecular formula is C24H38O5. The van der Waals surface area contributed by atoms with Crippen molar-refractivity contribution in [2.45, 2.75) is 83.8 Å². The fourth-order valence-corrected chi connectivity index (χ4v) is 7.64. The number of allylic oxidation sites excluding steroid dienone is 1. The zero-order valence-corrected chi connectivity index (χ0v) is 18.2. The van der Waals surface area contributed by atoms with Crippen molar-refractivity contribution >= 4 is 11.6 Å². The summed E-state index contributed by atoms with van der Waals surface area (Å²) in [5.41, 5.74) is -2.40. The summed E-state index contributed by atoms with van der Waals surface area (Å²) in [6.45, 7) is 8.71. The summed E-state index contributed by atoms with van der Waals surface area (Å²) < 4.78 is 0. The molecule has 29 heavy (non-hydrogen) atoms. The minimum Gasteiger partial charge on any atom is -0.393 e. The van der Waals surface area contributed by atoms with E-state index in [1.165, 1.54) is 0 Å². The minimum absolute atomic E-state index is 0.0154. The van der Waals surface area contributed by atoms with Gasteiger partial charge < -0.3 is 15.3 Å². The van der Waals surface area contributed by atoms with Crippen molar-refractivity contribution in [3.63, 3.8) is 0 Å². The van der Waals surface area contributed by atoms with Crippen molar-refractivity contribution in [3.05, 3.63) is 12.7 Å². The highest BCUT2D eigenvalue weighted by atomic mass is 16.3. The van der Waals surface area contributed by atoms with Crippen LogP contribution in [0.1, 0.15) is 72.1 Å². The summed E-state index contributed by atoms with van der Waals surface area (Å²) in [4.78, 5) is 25.7. The number of hydrogen-bond donors (Lipinski definition) is 3. The maximum Gasteiger partial charge on any atom is 0.190 e. The van der Waals surface area contributed by atoms with Crippen LogP contribution in [0, 0.1) is 34.5 Å². The average Bonchev–Trinajstić information content (AvgIpc) is 2.93. The lowest BCUT2D eigenvalue weighted by Crippen LogP contribution is -2.62. The van der Waals surface area contributed by atoms with Gasteiger partial charge in [0.15, 0.2) is 5.78 Å². The Hall–Kier alpha value is -1.04. The molecule has 0 aliphatic heterocycles. The minimum atomic E-state index is -1.58. The van der Waals surface area contributed by atoms with Crippen LogP contribution >= 0.6 is 0 Å². The standard InChI is InChI=1S/C21H32O5.C3H6/c1-19-7-5-13(23)9-12(19)3-4-14-15-6-8-21(26,17(25)11-22)20(15,2)10-16(24)18(14)19;1-3-2/h12-15,18,22-23,26H,3-11H2,1-2H3;3H,1H2,2H3/t12-,13-,14+,15+,18-,19+,20+,21+;/m1./s1. The van der Waals surface area contributed by atoms with Gasteiger partial charge in [0, 0.05) is 17.8 Å². The normalized spacial score (nSPS) is 48.5. The van der Waals surface area contributed by atoms with Crippen LogP contribution in [0.25, 0.3) is 0 Å². The van der Waals surface area contributed by atoms with Crippen LogP contribution in [0.5, 0.6) is 0 Å². The van der Waals surface area contributed by atoms with Gasteiger partial charge in [-0.2, -0.15) is 0 Å². The Kier molecular flexibility index (Phi) is 6.17. The number of rotatable bonds is 2. The molecular weight excluding hydrogens is 368 g/mol. The number of aliphatic hydroxyl groups excluding tert-OH is 2. The van der Waals surface area contributed by atoms with Crippen LogP contribution in [0.3, 0.4) is 0 Å². The molecule has 5 nitrogen and oxygen atoms in total. The van der Waals surface area contributed by atoms with Crippen molar-refractivity contribution in [3.8, 4) is 0 Å². The second-order valence-corrected chi connectivity index (χ2v) is 10.4. The lowest BCUT2D eigenvalue weighted by atomic mass is 9.44. The first-order chi connectivity index (χ1) is 13.6. The SMILES string of the molecule is C=CC.C[C@]12CC[C@@H](O)C[C@H]1CC[C@@H]1[C@@H]2C(=O)C[C@@]2(C)[C@H]1CC[C@]2(O)C(=O)CO. The van der Waals surface area contributed by atoms with Crippen molar-refractivity contribution in [2.24, 2.45) is 34.5 Å². The molecule has 4 fully saturated rings. The van der Waals surface area contributed by atoms with E-state index in [1.807, 2.05) is 13.8 Å². The quantitative estimate of drug-likeness (QED) is 0.613. The average molecular weight is 407 g/mol. The number of Topliss-reactive ketones (excluding diaryl/α,β-unsaturated/α-hetero) is 2. The number of hydrogen-bond acceptors (Lipinski definition) is 5. The lowest BCUT2D eigenvalue weighted by molar-refractivity contribution is -0.180. The zero-order chi connectivity index (χ0) is 21.6. The highest BCUT2D eigenvalue weighted by Gasteiger charge is 2.68. The van der Waals surface area contributed by atoms with Gasteiger partial charge in [0.1, 0.15) is 18.0 Å². The molecule has 4 saturated carbocycles. The first-order valence-electron chi connectivity index (χ1n) is 11.2. The Balaban J connectivity index is 0.000000755. The van der Waals surface area contributed by atoms with Gasteiger partial charge in [-0.05, 0) is 75.0 Å². The molecule has 0 aromatic rings. The zero-order valence-electron chi connectivity index (χ0n) is 18.2. The van der Waals surface area contributed by atoms with E-state index in [2.05, 4.69) is 13.5 Å². The third kappa shape index (κ3) is 3.24. The summed E-state index contributed by atoms with van der Waals surface area (Å²) in [7, 11) is 0. The second kappa shape index (κ2) is 7.90.